The third-order valence-electron chi connectivity index (χ3n) is 2.25. The highest BCUT2D eigenvalue weighted by Crippen LogP contribution is 2.08. The maximum atomic E-state index is 11.9. The Kier molecular flexibility index (Phi) is 5.27. The molecule has 0 bridgehead atoms. The van der Waals surface area contributed by atoms with Crippen LogP contribution in [0, 0.1) is 6.92 Å². The Morgan fingerprint density at radius 1 is 1.44 bits per heavy atom. The van der Waals surface area contributed by atoms with Crippen LogP contribution in [0.4, 0.5) is 0 Å². The van der Waals surface area contributed by atoms with Gasteiger partial charge in [0, 0.05) is 20.3 Å². The van der Waals surface area contributed by atoms with E-state index in [0.717, 1.165) is 0 Å². The molecule has 1 rings (SSSR count). The number of aromatic nitrogens is 1. The highest BCUT2D eigenvalue weighted by molar-refractivity contribution is 7.88. The van der Waals surface area contributed by atoms with Crippen LogP contribution in [-0.4, -0.2) is 40.1 Å². The lowest BCUT2D eigenvalue weighted by molar-refractivity contribution is -0.115. The van der Waals surface area contributed by atoms with Crippen LogP contribution in [0.15, 0.2) is 10.6 Å². The Balaban J connectivity index is 2.64. The molecule has 0 fully saturated rings. The molecule has 1 heterocycles. The first-order valence-electron chi connectivity index (χ1n) is 5.35. The quantitative estimate of drug-likeness (QED) is 0.726. The Morgan fingerprint density at radius 2 is 2.06 bits per heavy atom. The molecule has 7 nitrogen and oxygen atoms in total. The smallest absolute Gasteiger partial charge is 0.217 e. The summed E-state index contributed by atoms with van der Waals surface area (Å²) in [4.78, 5) is 0. The molecule has 0 aliphatic carbocycles. The van der Waals surface area contributed by atoms with Crippen molar-refractivity contribution in [1.29, 1.82) is 0 Å². The third kappa shape index (κ3) is 4.37. The van der Waals surface area contributed by atoms with Crippen molar-refractivity contribution in [2.75, 3.05) is 14.2 Å². The summed E-state index contributed by atoms with van der Waals surface area (Å²) in [6.07, 6.45) is -0.640. The summed E-state index contributed by atoms with van der Waals surface area (Å²) < 4.78 is 40.9. The van der Waals surface area contributed by atoms with Gasteiger partial charge in [-0.25, -0.2) is 13.1 Å². The zero-order valence-corrected chi connectivity index (χ0v) is 11.7. The van der Waals surface area contributed by atoms with Gasteiger partial charge in [-0.3, -0.25) is 0 Å². The minimum atomic E-state index is -3.52. The molecule has 1 aromatic rings. The second-order valence-electron chi connectivity index (χ2n) is 3.93. The van der Waals surface area contributed by atoms with Gasteiger partial charge >= 0.3 is 0 Å². The molecule has 0 aliphatic heterocycles. The first kappa shape index (κ1) is 15.1. The van der Waals surface area contributed by atoms with Crippen molar-refractivity contribution >= 4 is 10.0 Å². The predicted molar refractivity (Wildman–Crippen MR) is 64.3 cm³/mol. The normalized spacial score (nSPS) is 14.1. The number of methoxy groups -OCH3 is 2. The molecule has 0 amide bonds. The number of nitrogens with one attached hydrogen (secondary N) is 1. The van der Waals surface area contributed by atoms with Gasteiger partial charge in [-0.05, 0) is 13.8 Å². The minimum Gasteiger partial charge on any atom is -0.361 e. The van der Waals surface area contributed by atoms with E-state index in [0.29, 0.717) is 11.5 Å². The van der Waals surface area contributed by atoms with Crippen molar-refractivity contribution in [2.45, 2.75) is 31.9 Å². The fourth-order valence-electron chi connectivity index (χ4n) is 1.57. The lowest BCUT2D eigenvalue weighted by atomic mass is 10.3. The second-order valence-corrected chi connectivity index (χ2v) is 5.69. The van der Waals surface area contributed by atoms with Gasteiger partial charge in [-0.1, -0.05) is 5.16 Å². The molecule has 1 aromatic heterocycles. The fraction of sp³-hybridized carbons (Fsp3) is 0.700. The standard InChI is InChI=1S/C10H18N2O5S/c1-7-5-9(11-17-7)6-18(13,14)12-8(2)10(15-3)16-4/h5,8,10,12H,6H2,1-4H3. The van der Waals surface area contributed by atoms with E-state index in [4.69, 9.17) is 14.0 Å². The number of nitrogens with zero attached hydrogens (tertiary/aromatic N) is 1. The first-order valence-corrected chi connectivity index (χ1v) is 7.01. The van der Waals surface area contributed by atoms with Gasteiger partial charge in [0.1, 0.15) is 17.2 Å². The second kappa shape index (κ2) is 6.28. The average Bonchev–Trinajstić information content (AvgIpc) is 2.63. The lowest BCUT2D eigenvalue weighted by Gasteiger charge is -2.21. The molecule has 1 N–H and O–H groups in total. The average molecular weight is 278 g/mol. The SMILES string of the molecule is COC(OC)C(C)NS(=O)(=O)Cc1cc(C)on1. The monoisotopic (exact) mass is 278 g/mol. The van der Waals surface area contributed by atoms with Crippen molar-refractivity contribution in [1.82, 2.24) is 9.88 Å². The van der Waals surface area contributed by atoms with Crippen LogP contribution in [0.3, 0.4) is 0 Å². The Morgan fingerprint density at radius 3 is 2.50 bits per heavy atom. The molecule has 1 atom stereocenters. The van der Waals surface area contributed by atoms with Gasteiger partial charge < -0.3 is 14.0 Å². The van der Waals surface area contributed by atoms with Gasteiger partial charge in [0.2, 0.25) is 10.0 Å². The van der Waals surface area contributed by atoms with E-state index >= 15 is 0 Å². The number of hydrogen-bond donors (Lipinski definition) is 1. The molecule has 18 heavy (non-hydrogen) atoms. The summed E-state index contributed by atoms with van der Waals surface area (Å²) in [5, 5.41) is 3.64. The fourth-order valence-corrected chi connectivity index (χ4v) is 2.85. The molecule has 0 saturated heterocycles. The largest absolute Gasteiger partial charge is 0.361 e. The molecule has 0 spiro atoms. The van der Waals surface area contributed by atoms with Crippen molar-refractivity contribution in [3.8, 4) is 0 Å². The van der Waals surface area contributed by atoms with E-state index in [1.165, 1.54) is 14.2 Å². The third-order valence-corrected chi connectivity index (χ3v) is 3.66. The number of sulfonamides is 1. The summed E-state index contributed by atoms with van der Waals surface area (Å²) in [5.41, 5.74) is 0.360. The van der Waals surface area contributed by atoms with Crippen molar-refractivity contribution in [2.24, 2.45) is 0 Å². The van der Waals surface area contributed by atoms with Crippen LogP contribution < -0.4 is 4.72 Å². The van der Waals surface area contributed by atoms with Crippen LogP contribution in [0.1, 0.15) is 18.4 Å². The summed E-state index contributed by atoms with van der Waals surface area (Å²) in [5.74, 6) is 0.328. The molecule has 0 aliphatic rings. The van der Waals surface area contributed by atoms with Crippen LogP contribution in [0.2, 0.25) is 0 Å². The van der Waals surface area contributed by atoms with Crippen molar-refractivity contribution in [3.05, 3.63) is 17.5 Å². The molecule has 0 saturated carbocycles. The van der Waals surface area contributed by atoms with E-state index in [1.807, 2.05) is 0 Å². The number of rotatable bonds is 7. The molecular weight excluding hydrogens is 260 g/mol. The molecular formula is C10H18N2O5S. The van der Waals surface area contributed by atoms with E-state index in [2.05, 4.69) is 9.88 Å². The maximum Gasteiger partial charge on any atom is 0.217 e. The Bertz CT molecular complexity index is 466. The minimum absolute atomic E-state index is 0.241. The van der Waals surface area contributed by atoms with Crippen molar-refractivity contribution in [3.63, 3.8) is 0 Å². The number of ether oxygens (including phenoxy) is 2. The Labute approximate surface area is 106 Å². The van der Waals surface area contributed by atoms with Crippen molar-refractivity contribution < 1.29 is 22.4 Å². The summed E-state index contributed by atoms with van der Waals surface area (Å²) in [6.45, 7) is 3.36. The van der Waals surface area contributed by atoms with E-state index in [9.17, 15) is 8.42 Å². The molecule has 104 valence electrons. The van der Waals surface area contributed by atoms with Crippen LogP contribution >= 0.6 is 0 Å². The maximum absolute atomic E-state index is 11.9. The van der Waals surface area contributed by atoms with Gasteiger partial charge in [0.05, 0.1) is 6.04 Å². The van der Waals surface area contributed by atoms with Crippen LogP contribution in [-0.2, 0) is 25.2 Å². The van der Waals surface area contributed by atoms with Crippen LogP contribution in [0.5, 0.6) is 0 Å². The topological polar surface area (TPSA) is 90.7 Å². The van der Waals surface area contributed by atoms with Gasteiger partial charge in [0.25, 0.3) is 0 Å². The Hall–Kier alpha value is -0.960. The zero-order valence-electron chi connectivity index (χ0n) is 10.8. The summed E-state index contributed by atoms with van der Waals surface area (Å²) in [7, 11) is -0.629. The number of hydrogen-bond acceptors (Lipinski definition) is 6. The van der Waals surface area contributed by atoms with Gasteiger partial charge in [0.15, 0.2) is 6.29 Å². The predicted octanol–water partition coefficient (Wildman–Crippen LogP) is 0.410. The highest BCUT2D eigenvalue weighted by Gasteiger charge is 2.23. The van der Waals surface area contributed by atoms with E-state index < -0.39 is 22.4 Å². The van der Waals surface area contributed by atoms with Gasteiger partial charge in [-0.2, -0.15) is 0 Å². The van der Waals surface area contributed by atoms with E-state index in [-0.39, 0.29) is 5.75 Å². The molecule has 0 radical (unpaired) electrons. The molecule has 0 aromatic carbocycles. The lowest BCUT2D eigenvalue weighted by Crippen LogP contribution is -2.43. The molecule has 8 heteroatoms. The highest BCUT2D eigenvalue weighted by atomic mass is 32.2. The van der Waals surface area contributed by atoms with E-state index in [1.54, 1.807) is 19.9 Å². The summed E-state index contributed by atoms with van der Waals surface area (Å²) in [6, 6.07) is 1.08. The zero-order chi connectivity index (χ0) is 13.8. The number of aryl methyl sites for hydroxylation is 1. The van der Waals surface area contributed by atoms with Crippen LogP contribution in [0.25, 0.3) is 0 Å². The molecule has 1 unspecified atom stereocenters. The van der Waals surface area contributed by atoms with Gasteiger partial charge in [-0.15, -0.1) is 0 Å². The first-order chi connectivity index (χ1) is 8.38. The summed E-state index contributed by atoms with van der Waals surface area (Å²) >= 11 is 0.